The SMILES string of the molecule is CC1(C)c2ccccc2-c2cc3c4cc5ccccc5cc4n(-c4nc(-c5cccc6ccccc56)c5oc6ccccc6c5n4)c3cc21. The topological polar surface area (TPSA) is 43.9 Å². The maximum Gasteiger partial charge on any atom is 0.236 e. The molecule has 3 heterocycles. The Morgan fingerprint density at radius 3 is 2.04 bits per heavy atom. The van der Waals surface area contributed by atoms with Gasteiger partial charge in [-0.05, 0) is 80.2 Å². The average molecular weight is 628 g/mol. The minimum atomic E-state index is -0.147. The number of hydrogen-bond donors (Lipinski definition) is 0. The van der Waals surface area contributed by atoms with Crippen molar-refractivity contribution in [1.29, 1.82) is 0 Å². The summed E-state index contributed by atoms with van der Waals surface area (Å²) in [7, 11) is 0. The van der Waals surface area contributed by atoms with E-state index in [0.717, 1.165) is 49.5 Å². The number of para-hydroxylation sites is 1. The summed E-state index contributed by atoms with van der Waals surface area (Å²) in [6.45, 7) is 4.67. The monoisotopic (exact) mass is 627 g/mol. The van der Waals surface area contributed by atoms with Crippen LogP contribution in [-0.4, -0.2) is 14.5 Å². The van der Waals surface area contributed by atoms with Gasteiger partial charge in [-0.25, -0.2) is 9.97 Å². The molecule has 1 aliphatic rings. The summed E-state index contributed by atoms with van der Waals surface area (Å²) in [4.78, 5) is 10.8. The third-order valence-electron chi connectivity index (χ3n) is 10.8. The zero-order valence-electron chi connectivity index (χ0n) is 27.0. The maximum atomic E-state index is 6.58. The Kier molecular flexibility index (Phi) is 5.15. The lowest BCUT2D eigenvalue weighted by Crippen LogP contribution is -2.15. The van der Waals surface area contributed by atoms with Crippen LogP contribution >= 0.6 is 0 Å². The molecular formula is C45H29N3O. The van der Waals surface area contributed by atoms with Crippen molar-refractivity contribution in [2.45, 2.75) is 19.3 Å². The molecule has 0 fully saturated rings. The van der Waals surface area contributed by atoms with E-state index < -0.39 is 0 Å². The molecule has 49 heavy (non-hydrogen) atoms. The van der Waals surface area contributed by atoms with E-state index >= 15 is 0 Å². The van der Waals surface area contributed by atoms with E-state index in [1.54, 1.807) is 0 Å². The van der Waals surface area contributed by atoms with Crippen molar-refractivity contribution in [2.75, 3.05) is 0 Å². The van der Waals surface area contributed by atoms with Crippen molar-refractivity contribution in [3.05, 3.63) is 151 Å². The van der Waals surface area contributed by atoms with Crippen LogP contribution in [0.4, 0.5) is 0 Å². The van der Waals surface area contributed by atoms with Crippen LogP contribution in [-0.2, 0) is 5.41 Å². The number of nitrogens with zero attached hydrogens (tertiary/aromatic N) is 3. The molecular weight excluding hydrogens is 599 g/mol. The molecule has 3 aromatic heterocycles. The van der Waals surface area contributed by atoms with E-state index in [1.807, 2.05) is 18.2 Å². The van der Waals surface area contributed by atoms with Gasteiger partial charge < -0.3 is 4.42 Å². The molecule has 4 nitrogen and oxygen atoms in total. The number of benzene rings is 7. The van der Waals surface area contributed by atoms with Crippen molar-refractivity contribution >= 4 is 65.4 Å². The fraction of sp³-hybridized carbons (Fsp3) is 0.0667. The maximum absolute atomic E-state index is 6.58. The second-order valence-electron chi connectivity index (χ2n) is 13.8. The third kappa shape index (κ3) is 3.58. The summed E-state index contributed by atoms with van der Waals surface area (Å²) in [5.41, 5.74) is 11.5. The van der Waals surface area contributed by atoms with Crippen LogP contribution in [0.5, 0.6) is 0 Å². The van der Waals surface area contributed by atoms with Crippen LogP contribution in [0.1, 0.15) is 25.0 Å². The van der Waals surface area contributed by atoms with Gasteiger partial charge in [0.05, 0.1) is 11.0 Å². The molecule has 7 aromatic carbocycles. The van der Waals surface area contributed by atoms with Gasteiger partial charge in [0.25, 0.3) is 0 Å². The number of furan rings is 1. The van der Waals surface area contributed by atoms with E-state index in [1.165, 1.54) is 43.8 Å². The molecule has 0 aliphatic heterocycles. The zero-order chi connectivity index (χ0) is 32.4. The quantitative estimate of drug-likeness (QED) is 0.192. The molecule has 0 N–H and O–H groups in total. The molecule has 4 heteroatoms. The Labute approximate surface area is 281 Å². The Morgan fingerprint density at radius 2 is 1.16 bits per heavy atom. The smallest absolute Gasteiger partial charge is 0.236 e. The highest BCUT2D eigenvalue weighted by Gasteiger charge is 2.36. The molecule has 10 aromatic rings. The largest absolute Gasteiger partial charge is 0.452 e. The third-order valence-corrected chi connectivity index (χ3v) is 10.8. The Balaban J connectivity index is 1.31. The highest BCUT2D eigenvalue weighted by Crippen LogP contribution is 2.51. The van der Waals surface area contributed by atoms with Crippen LogP contribution in [0.3, 0.4) is 0 Å². The molecule has 0 spiro atoms. The first kappa shape index (κ1) is 26.8. The van der Waals surface area contributed by atoms with Crippen molar-refractivity contribution in [3.63, 3.8) is 0 Å². The van der Waals surface area contributed by atoms with E-state index in [-0.39, 0.29) is 5.41 Å². The Hall–Kier alpha value is -6.26. The average Bonchev–Trinajstić information content (AvgIpc) is 3.74. The summed E-state index contributed by atoms with van der Waals surface area (Å²) in [5, 5.41) is 8.04. The molecule has 11 rings (SSSR count). The van der Waals surface area contributed by atoms with Crippen molar-refractivity contribution in [2.24, 2.45) is 0 Å². The summed E-state index contributed by atoms with van der Waals surface area (Å²) in [6, 6.07) is 49.9. The van der Waals surface area contributed by atoms with Crippen LogP contribution in [0.15, 0.2) is 144 Å². The van der Waals surface area contributed by atoms with Gasteiger partial charge in [-0.15, -0.1) is 0 Å². The molecule has 230 valence electrons. The number of rotatable bonds is 2. The molecule has 0 saturated heterocycles. The van der Waals surface area contributed by atoms with E-state index in [4.69, 9.17) is 14.4 Å². The fourth-order valence-electron chi connectivity index (χ4n) is 8.40. The summed E-state index contributed by atoms with van der Waals surface area (Å²) in [5.74, 6) is 0.630. The Bertz CT molecular complexity index is 3030. The van der Waals surface area contributed by atoms with Gasteiger partial charge in [0.1, 0.15) is 16.8 Å². The van der Waals surface area contributed by atoms with Gasteiger partial charge >= 0.3 is 0 Å². The molecule has 0 saturated carbocycles. The Morgan fingerprint density at radius 1 is 0.510 bits per heavy atom. The van der Waals surface area contributed by atoms with Gasteiger partial charge in [-0.1, -0.05) is 117 Å². The lowest BCUT2D eigenvalue weighted by atomic mass is 9.82. The second-order valence-corrected chi connectivity index (χ2v) is 13.8. The fourth-order valence-corrected chi connectivity index (χ4v) is 8.40. The van der Waals surface area contributed by atoms with E-state index in [0.29, 0.717) is 11.5 Å². The van der Waals surface area contributed by atoms with Gasteiger partial charge in [0.15, 0.2) is 5.58 Å². The predicted octanol–water partition coefficient (Wildman–Crippen LogP) is 11.8. The summed E-state index contributed by atoms with van der Waals surface area (Å²) >= 11 is 0. The molecule has 1 aliphatic carbocycles. The first-order chi connectivity index (χ1) is 24.0. The van der Waals surface area contributed by atoms with Crippen LogP contribution in [0.25, 0.3) is 93.8 Å². The molecule has 0 bridgehead atoms. The first-order valence-corrected chi connectivity index (χ1v) is 16.8. The lowest BCUT2D eigenvalue weighted by molar-refractivity contribution is 0.661. The molecule has 0 unspecified atom stereocenters. The van der Waals surface area contributed by atoms with Gasteiger partial charge in [0, 0.05) is 27.1 Å². The van der Waals surface area contributed by atoms with Crippen LogP contribution in [0, 0.1) is 0 Å². The highest BCUT2D eigenvalue weighted by atomic mass is 16.3. The van der Waals surface area contributed by atoms with Crippen molar-refractivity contribution in [1.82, 2.24) is 14.5 Å². The van der Waals surface area contributed by atoms with Crippen LogP contribution < -0.4 is 0 Å². The van der Waals surface area contributed by atoms with Crippen molar-refractivity contribution < 1.29 is 4.42 Å². The van der Waals surface area contributed by atoms with Crippen molar-refractivity contribution in [3.8, 4) is 28.3 Å². The van der Waals surface area contributed by atoms with Crippen LogP contribution in [0.2, 0.25) is 0 Å². The summed E-state index contributed by atoms with van der Waals surface area (Å²) in [6.07, 6.45) is 0. The first-order valence-electron chi connectivity index (χ1n) is 16.8. The highest BCUT2D eigenvalue weighted by molar-refractivity contribution is 6.16. The number of fused-ring (bicyclic) bond motifs is 11. The standard InChI is InChI=1S/C45H29N3O/c1-45(2)36-20-9-7-17-30(36)33-24-35-34-22-27-13-3-4-14-28(27)23-38(34)48(39(35)25-37(33)45)44-46-41(31-19-11-15-26-12-5-6-16-29(26)31)43-42(47-44)32-18-8-10-21-40(32)49-43/h3-25H,1-2H3. The minimum Gasteiger partial charge on any atom is -0.452 e. The minimum absolute atomic E-state index is 0.147. The zero-order valence-corrected chi connectivity index (χ0v) is 27.0. The normalized spacial score (nSPS) is 13.7. The lowest BCUT2D eigenvalue weighted by Gasteiger charge is -2.21. The molecule has 0 atom stereocenters. The number of aromatic nitrogens is 3. The summed E-state index contributed by atoms with van der Waals surface area (Å²) < 4.78 is 8.87. The molecule has 0 amide bonds. The van der Waals surface area contributed by atoms with E-state index in [2.05, 4.69) is 140 Å². The van der Waals surface area contributed by atoms with Gasteiger partial charge in [-0.3, -0.25) is 4.57 Å². The molecule has 0 radical (unpaired) electrons. The van der Waals surface area contributed by atoms with Gasteiger partial charge in [-0.2, -0.15) is 0 Å². The van der Waals surface area contributed by atoms with E-state index in [9.17, 15) is 0 Å². The number of hydrogen-bond acceptors (Lipinski definition) is 3. The van der Waals surface area contributed by atoms with Gasteiger partial charge in [0.2, 0.25) is 5.95 Å². The predicted molar refractivity (Wildman–Crippen MR) is 202 cm³/mol. The second kappa shape index (κ2) is 9.42.